The Morgan fingerprint density at radius 2 is 1.93 bits per heavy atom. The van der Waals surface area contributed by atoms with E-state index in [0.29, 0.717) is 35.5 Å². The highest BCUT2D eigenvalue weighted by Crippen LogP contribution is 2.32. The van der Waals surface area contributed by atoms with Crippen LogP contribution in [0.2, 0.25) is 5.02 Å². The van der Waals surface area contributed by atoms with E-state index in [1.54, 1.807) is 12.1 Å². The van der Waals surface area contributed by atoms with Gasteiger partial charge in [0.2, 0.25) is 24.4 Å². The summed E-state index contributed by atoms with van der Waals surface area (Å²) in [6.45, 7) is 0.642. The van der Waals surface area contributed by atoms with Gasteiger partial charge in [-0.2, -0.15) is 4.98 Å². The molecule has 7 nitrogen and oxygen atoms in total. The molecule has 0 radical (unpaired) electrons. The lowest BCUT2D eigenvalue weighted by Gasteiger charge is -2.05. The summed E-state index contributed by atoms with van der Waals surface area (Å²) in [5, 5.41) is 7.44. The predicted octanol–water partition coefficient (Wildman–Crippen LogP) is 3.37. The van der Waals surface area contributed by atoms with Crippen LogP contribution in [0.3, 0.4) is 0 Å². The molecule has 0 saturated heterocycles. The lowest BCUT2D eigenvalue weighted by atomic mass is 10.2. The van der Waals surface area contributed by atoms with E-state index >= 15 is 0 Å². The number of aromatic nitrogens is 2. The molecule has 2 heterocycles. The molecule has 2 aromatic carbocycles. The molecule has 0 fully saturated rings. The molecule has 0 aliphatic carbocycles. The molecule has 27 heavy (non-hydrogen) atoms. The standard InChI is InChI=1S/C19H16ClN3O4/c20-14-4-2-13(3-5-14)19-22-18(27-23-19)8-7-17(24)21-10-12-1-6-15-16(9-12)26-11-25-15/h1-6,9H,7-8,10-11H2,(H,21,24). The van der Waals surface area contributed by atoms with Gasteiger partial charge in [0, 0.05) is 30.0 Å². The van der Waals surface area contributed by atoms with Crippen LogP contribution in [-0.4, -0.2) is 22.8 Å². The molecule has 0 unspecified atom stereocenters. The average molecular weight is 386 g/mol. The monoisotopic (exact) mass is 385 g/mol. The van der Waals surface area contributed by atoms with Gasteiger partial charge in [0.05, 0.1) is 0 Å². The number of benzene rings is 2. The van der Waals surface area contributed by atoms with Gasteiger partial charge in [-0.1, -0.05) is 22.8 Å². The number of rotatable bonds is 6. The first-order valence-corrected chi connectivity index (χ1v) is 8.79. The summed E-state index contributed by atoms with van der Waals surface area (Å²) in [4.78, 5) is 16.4. The lowest BCUT2D eigenvalue weighted by molar-refractivity contribution is -0.121. The van der Waals surface area contributed by atoms with Gasteiger partial charge < -0.3 is 19.3 Å². The predicted molar refractivity (Wildman–Crippen MR) is 97.5 cm³/mol. The van der Waals surface area contributed by atoms with Crippen molar-refractivity contribution in [1.29, 1.82) is 0 Å². The number of nitrogens with one attached hydrogen (secondary N) is 1. The molecule has 1 aliphatic rings. The fourth-order valence-corrected chi connectivity index (χ4v) is 2.76. The Morgan fingerprint density at radius 3 is 2.78 bits per heavy atom. The van der Waals surface area contributed by atoms with Crippen molar-refractivity contribution in [3.8, 4) is 22.9 Å². The maximum Gasteiger partial charge on any atom is 0.231 e. The minimum absolute atomic E-state index is 0.0982. The van der Waals surface area contributed by atoms with Crippen LogP contribution < -0.4 is 14.8 Å². The molecule has 1 aliphatic heterocycles. The summed E-state index contributed by atoms with van der Waals surface area (Å²) >= 11 is 5.87. The molecule has 0 atom stereocenters. The second-order valence-electron chi connectivity index (χ2n) is 5.98. The third-order valence-corrected chi connectivity index (χ3v) is 4.32. The maximum atomic E-state index is 12.1. The number of fused-ring (bicyclic) bond motifs is 1. The van der Waals surface area contributed by atoms with Crippen molar-refractivity contribution >= 4 is 17.5 Å². The van der Waals surface area contributed by atoms with Gasteiger partial charge in [-0.15, -0.1) is 0 Å². The number of hydrogen-bond donors (Lipinski definition) is 1. The highest BCUT2D eigenvalue weighted by molar-refractivity contribution is 6.30. The fourth-order valence-electron chi connectivity index (χ4n) is 2.63. The summed E-state index contributed by atoms with van der Waals surface area (Å²) in [5.41, 5.74) is 1.75. The fraction of sp³-hybridized carbons (Fsp3) is 0.211. The highest BCUT2D eigenvalue weighted by atomic mass is 35.5. The van der Waals surface area contributed by atoms with Crippen LogP contribution in [0.4, 0.5) is 0 Å². The Balaban J connectivity index is 1.27. The number of halogens is 1. The normalized spacial score (nSPS) is 12.2. The third kappa shape index (κ3) is 4.20. The van der Waals surface area contributed by atoms with Crippen LogP contribution in [0.15, 0.2) is 47.0 Å². The summed E-state index contributed by atoms with van der Waals surface area (Å²) < 4.78 is 15.8. The van der Waals surface area contributed by atoms with Crippen molar-refractivity contribution in [2.45, 2.75) is 19.4 Å². The van der Waals surface area contributed by atoms with Crippen LogP contribution in [0, 0.1) is 0 Å². The number of nitrogens with zero attached hydrogens (tertiary/aromatic N) is 2. The largest absolute Gasteiger partial charge is 0.454 e. The Hall–Kier alpha value is -3.06. The van der Waals surface area contributed by atoms with Crippen molar-refractivity contribution in [2.24, 2.45) is 0 Å². The van der Waals surface area contributed by atoms with E-state index in [1.807, 2.05) is 30.3 Å². The molecule has 0 bridgehead atoms. The Bertz CT molecular complexity index is 956. The van der Waals surface area contributed by atoms with Crippen LogP contribution >= 0.6 is 11.6 Å². The van der Waals surface area contributed by atoms with Gasteiger partial charge in [-0.05, 0) is 42.0 Å². The Labute approximate surface area is 160 Å². The number of ether oxygens (including phenoxy) is 2. The van der Waals surface area contributed by atoms with Crippen LogP contribution in [0.25, 0.3) is 11.4 Å². The topological polar surface area (TPSA) is 86.5 Å². The van der Waals surface area contributed by atoms with E-state index in [0.717, 1.165) is 16.9 Å². The molecule has 1 amide bonds. The number of carbonyl (C=O) groups is 1. The molecular formula is C19H16ClN3O4. The minimum Gasteiger partial charge on any atom is -0.454 e. The van der Waals surface area contributed by atoms with Gasteiger partial charge in [0.25, 0.3) is 0 Å². The lowest BCUT2D eigenvalue weighted by Crippen LogP contribution is -2.23. The first-order valence-electron chi connectivity index (χ1n) is 8.41. The molecule has 0 spiro atoms. The van der Waals surface area contributed by atoms with Crippen molar-refractivity contribution in [2.75, 3.05) is 6.79 Å². The molecule has 4 rings (SSSR count). The van der Waals surface area contributed by atoms with Crippen LogP contribution in [0.1, 0.15) is 17.9 Å². The molecule has 3 aromatic rings. The zero-order valence-corrected chi connectivity index (χ0v) is 15.0. The number of carbonyl (C=O) groups excluding carboxylic acids is 1. The summed E-state index contributed by atoms with van der Waals surface area (Å²) in [6, 6.07) is 12.7. The zero-order valence-electron chi connectivity index (χ0n) is 14.3. The minimum atomic E-state index is -0.0982. The Morgan fingerprint density at radius 1 is 1.11 bits per heavy atom. The second kappa shape index (κ2) is 7.67. The molecule has 1 aromatic heterocycles. The van der Waals surface area contributed by atoms with Crippen molar-refractivity contribution < 1.29 is 18.8 Å². The Kier molecular flexibility index (Phi) is 4.93. The molecule has 0 saturated carbocycles. The van der Waals surface area contributed by atoms with E-state index in [-0.39, 0.29) is 19.1 Å². The van der Waals surface area contributed by atoms with E-state index in [4.69, 9.17) is 25.6 Å². The second-order valence-corrected chi connectivity index (χ2v) is 6.42. The van der Waals surface area contributed by atoms with E-state index in [1.165, 1.54) is 0 Å². The first-order chi connectivity index (χ1) is 13.2. The third-order valence-electron chi connectivity index (χ3n) is 4.06. The van der Waals surface area contributed by atoms with Crippen LogP contribution in [0.5, 0.6) is 11.5 Å². The summed E-state index contributed by atoms with van der Waals surface area (Å²) in [7, 11) is 0. The first kappa shape index (κ1) is 17.4. The van der Waals surface area contributed by atoms with Crippen molar-refractivity contribution in [1.82, 2.24) is 15.5 Å². The van der Waals surface area contributed by atoms with E-state index < -0.39 is 0 Å². The van der Waals surface area contributed by atoms with E-state index in [9.17, 15) is 4.79 Å². The smallest absolute Gasteiger partial charge is 0.231 e. The SMILES string of the molecule is O=C(CCc1nc(-c2ccc(Cl)cc2)no1)NCc1ccc2c(c1)OCO2. The van der Waals surface area contributed by atoms with E-state index in [2.05, 4.69) is 15.5 Å². The molecule has 8 heteroatoms. The van der Waals surface area contributed by atoms with Gasteiger partial charge in [-0.3, -0.25) is 4.79 Å². The number of aryl methyl sites for hydroxylation is 1. The molecular weight excluding hydrogens is 370 g/mol. The quantitative estimate of drug-likeness (QED) is 0.700. The van der Waals surface area contributed by atoms with Gasteiger partial charge >= 0.3 is 0 Å². The van der Waals surface area contributed by atoms with Crippen molar-refractivity contribution in [3.05, 3.63) is 58.9 Å². The van der Waals surface area contributed by atoms with Gasteiger partial charge in [-0.25, -0.2) is 0 Å². The van der Waals surface area contributed by atoms with Gasteiger partial charge in [0.1, 0.15) is 0 Å². The average Bonchev–Trinajstić information content (AvgIpc) is 3.34. The summed E-state index contributed by atoms with van der Waals surface area (Å²) in [6.07, 6.45) is 0.625. The molecule has 138 valence electrons. The van der Waals surface area contributed by atoms with Gasteiger partial charge in [0.15, 0.2) is 11.5 Å². The summed E-state index contributed by atoms with van der Waals surface area (Å²) in [5.74, 6) is 2.21. The maximum absolute atomic E-state index is 12.1. The number of hydrogen-bond acceptors (Lipinski definition) is 6. The zero-order chi connectivity index (χ0) is 18.6. The van der Waals surface area contributed by atoms with Crippen molar-refractivity contribution in [3.63, 3.8) is 0 Å². The molecule has 1 N–H and O–H groups in total. The number of amides is 1. The van der Waals surface area contributed by atoms with Crippen LogP contribution in [-0.2, 0) is 17.8 Å². The highest BCUT2D eigenvalue weighted by Gasteiger charge is 2.14.